The van der Waals surface area contributed by atoms with Gasteiger partial charge in [-0.1, -0.05) is 18.3 Å². The third kappa shape index (κ3) is 2.68. The minimum atomic E-state index is -0.107. The minimum Gasteiger partial charge on any atom is -0.378 e. The van der Waals surface area contributed by atoms with Gasteiger partial charge in [0.15, 0.2) is 0 Å². The second-order valence-electron chi connectivity index (χ2n) is 4.65. The first kappa shape index (κ1) is 13.4. The number of nitrogens with zero attached hydrogens (tertiary/aromatic N) is 2. The van der Waals surface area contributed by atoms with Gasteiger partial charge in [0.1, 0.15) is 4.88 Å². The largest absolute Gasteiger partial charge is 0.378 e. The molecule has 1 saturated heterocycles. The number of nitrogens with one attached hydrogen (secondary N) is 2. The van der Waals surface area contributed by atoms with E-state index in [4.69, 9.17) is 4.74 Å². The fraction of sp³-hybridized carbons (Fsp3) is 0.727. The molecule has 1 aliphatic rings. The molecule has 1 aromatic heterocycles. The molecule has 0 spiro atoms. The van der Waals surface area contributed by atoms with Gasteiger partial charge < -0.3 is 15.4 Å². The zero-order valence-corrected chi connectivity index (χ0v) is 11.6. The Labute approximate surface area is 110 Å². The number of amides is 1. The molecule has 2 N–H and O–H groups in total. The van der Waals surface area contributed by atoms with Crippen LogP contribution < -0.4 is 10.6 Å². The standard InChI is InChI=1S/C11H18N4O2S/c1-6(2)9-10(18-15-14-9)11(16)13-7-4-12-5-8(7)17-3/h6-8,12H,4-5H2,1-3H3,(H,13,16)/t7?,8-/m0/s1. The highest BCUT2D eigenvalue weighted by Gasteiger charge is 2.30. The van der Waals surface area contributed by atoms with Gasteiger partial charge >= 0.3 is 0 Å². The summed E-state index contributed by atoms with van der Waals surface area (Å²) >= 11 is 1.14. The maximum Gasteiger partial charge on any atom is 0.265 e. The van der Waals surface area contributed by atoms with Gasteiger partial charge in [0.05, 0.1) is 17.8 Å². The molecule has 100 valence electrons. The predicted octanol–water partition coefficient (Wildman–Crippen LogP) is 0.378. The molecule has 0 saturated carbocycles. The van der Waals surface area contributed by atoms with Crippen LogP contribution in [0.25, 0.3) is 0 Å². The molecule has 1 aromatic rings. The van der Waals surface area contributed by atoms with Crippen LogP contribution in [0.15, 0.2) is 0 Å². The van der Waals surface area contributed by atoms with Crippen LogP contribution >= 0.6 is 11.5 Å². The number of rotatable bonds is 4. The van der Waals surface area contributed by atoms with E-state index in [9.17, 15) is 4.79 Å². The van der Waals surface area contributed by atoms with Gasteiger partial charge in [0, 0.05) is 20.2 Å². The highest BCUT2D eigenvalue weighted by Crippen LogP contribution is 2.20. The van der Waals surface area contributed by atoms with E-state index in [2.05, 4.69) is 20.2 Å². The van der Waals surface area contributed by atoms with E-state index in [1.54, 1.807) is 7.11 Å². The van der Waals surface area contributed by atoms with Crippen molar-refractivity contribution in [2.45, 2.75) is 31.9 Å². The van der Waals surface area contributed by atoms with Crippen molar-refractivity contribution < 1.29 is 9.53 Å². The van der Waals surface area contributed by atoms with Gasteiger partial charge in [-0.3, -0.25) is 4.79 Å². The summed E-state index contributed by atoms with van der Waals surface area (Å²) in [4.78, 5) is 12.8. The Hall–Kier alpha value is -1.05. The summed E-state index contributed by atoms with van der Waals surface area (Å²) in [5.41, 5.74) is 0.762. The molecule has 7 heteroatoms. The third-order valence-electron chi connectivity index (χ3n) is 3.04. The average Bonchev–Trinajstić information content (AvgIpc) is 2.96. The van der Waals surface area contributed by atoms with E-state index in [-0.39, 0.29) is 24.0 Å². The van der Waals surface area contributed by atoms with Crippen LogP contribution in [-0.4, -0.2) is 47.8 Å². The number of ether oxygens (including phenoxy) is 1. The van der Waals surface area contributed by atoms with E-state index >= 15 is 0 Å². The summed E-state index contributed by atoms with van der Waals surface area (Å²) in [5, 5.41) is 10.2. The van der Waals surface area contributed by atoms with Crippen molar-refractivity contribution in [2.24, 2.45) is 0 Å². The van der Waals surface area contributed by atoms with Gasteiger partial charge in [-0.15, -0.1) is 5.10 Å². The number of aromatic nitrogens is 2. The predicted molar refractivity (Wildman–Crippen MR) is 68.9 cm³/mol. The minimum absolute atomic E-state index is 0.00427. The Morgan fingerprint density at radius 3 is 3.00 bits per heavy atom. The van der Waals surface area contributed by atoms with E-state index < -0.39 is 0 Å². The third-order valence-corrected chi connectivity index (χ3v) is 3.78. The number of methoxy groups -OCH3 is 1. The smallest absolute Gasteiger partial charge is 0.265 e. The Bertz CT molecular complexity index is 421. The van der Waals surface area contributed by atoms with Crippen LogP contribution in [0.3, 0.4) is 0 Å². The van der Waals surface area contributed by atoms with Crippen LogP contribution in [0.2, 0.25) is 0 Å². The van der Waals surface area contributed by atoms with E-state index in [1.165, 1.54) is 0 Å². The molecule has 2 heterocycles. The van der Waals surface area contributed by atoms with Crippen molar-refractivity contribution in [1.82, 2.24) is 20.2 Å². The summed E-state index contributed by atoms with van der Waals surface area (Å²) in [7, 11) is 1.66. The second kappa shape index (κ2) is 5.73. The van der Waals surface area contributed by atoms with Crippen molar-refractivity contribution in [3.63, 3.8) is 0 Å². The van der Waals surface area contributed by atoms with Crippen LogP contribution in [-0.2, 0) is 4.74 Å². The van der Waals surface area contributed by atoms with E-state index in [1.807, 2.05) is 13.8 Å². The van der Waals surface area contributed by atoms with Gasteiger partial charge in [0.25, 0.3) is 5.91 Å². The lowest BCUT2D eigenvalue weighted by Gasteiger charge is -2.18. The zero-order valence-electron chi connectivity index (χ0n) is 10.8. The van der Waals surface area contributed by atoms with Crippen molar-refractivity contribution in [3.05, 3.63) is 10.6 Å². The molecule has 18 heavy (non-hydrogen) atoms. The van der Waals surface area contributed by atoms with Crippen molar-refractivity contribution in [1.29, 1.82) is 0 Å². The van der Waals surface area contributed by atoms with Gasteiger partial charge in [-0.05, 0) is 17.5 Å². The Morgan fingerprint density at radius 1 is 1.56 bits per heavy atom. The molecule has 0 aromatic carbocycles. The first-order chi connectivity index (χ1) is 8.63. The first-order valence-electron chi connectivity index (χ1n) is 6.00. The molecule has 1 unspecified atom stereocenters. The monoisotopic (exact) mass is 270 g/mol. The van der Waals surface area contributed by atoms with Gasteiger partial charge in [-0.2, -0.15) is 0 Å². The first-order valence-corrected chi connectivity index (χ1v) is 6.77. The number of hydrogen-bond donors (Lipinski definition) is 2. The molecule has 0 aliphatic carbocycles. The molecule has 1 aliphatic heterocycles. The second-order valence-corrected chi connectivity index (χ2v) is 5.41. The highest BCUT2D eigenvalue weighted by molar-refractivity contribution is 7.08. The summed E-state index contributed by atoms with van der Waals surface area (Å²) in [6, 6.07) is 0.00427. The average molecular weight is 270 g/mol. The molecule has 0 radical (unpaired) electrons. The normalized spacial score (nSPS) is 23.6. The van der Waals surface area contributed by atoms with Crippen LogP contribution in [0, 0.1) is 0 Å². The maximum absolute atomic E-state index is 12.2. The molecule has 0 bridgehead atoms. The molecule has 6 nitrogen and oxygen atoms in total. The SMILES string of the molecule is CO[C@H]1CNCC1NC(=O)c1snnc1C(C)C. The quantitative estimate of drug-likeness (QED) is 0.827. The molecule has 1 amide bonds. The number of hydrogen-bond acceptors (Lipinski definition) is 6. The lowest BCUT2D eigenvalue weighted by atomic mass is 10.1. The molecular formula is C11H18N4O2S. The van der Waals surface area contributed by atoms with Gasteiger partial charge in [-0.25, -0.2) is 0 Å². The summed E-state index contributed by atoms with van der Waals surface area (Å²) in [5.74, 6) is 0.0916. The lowest BCUT2D eigenvalue weighted by Crippen LogP contribution is -2.43. The van der Waals surface area contributed by atoms with Crippen LogP contribution in [0.4, 0.5) is 0 Å². The van der Waals surface area contributed by atoms with Crippen molar-refractivity contribution in [2.75, 3.05) is 20.2 Å². The number of carbonyl (C=O) groups is 1. The molecular weight excluding hydrogens is 252 g/mol. The van der Waals surface area contributed by atoms with Gasteiger partial charge in [0.2, 0.25) is 0 Å². The van der Waals surface area contributed by atoms with Crippen LogP contribution in [0.5, 0.6) is 0 Å². The summed E-state index contributed by atoms with van der Waals surface area (Å²) in [6.45, 7) is 5.50. The lowest BCUT2D eigenvalue weighted by molar-refractivity contribution is 0.0781. The topological polar surface area (TPSA) is 76.1 Å². The number of carbonyl (C=O) groups excluding carboxylic acids is 1. The van der Waals surface area contributed by atoms with E-state index in [0.717, 1.165) is 30.3 Å². The fourth-order valence-electron chi connectivity index (χ4n) is 2.01. The highest BCUT2D eigenvalue weighted by atomic mass is 32.1. The van der Waals surface area contributed by atoms with Crippen LogP contribution in [0.1, 0.15) is 35.1 Å². The summed E-state index contributed by atoms with van der Waals surface area (Å²) < 4.78 is 9.18. The molecule has 2 rings (SSSR count). The maximum atomic E-state index is 12.2. The summed E-state index contributed by atoms with van der Waals surface area (Å²) in [6.07, 6.45) is 0.0253. The fourth-order valence-corrected chi connectivity index (χ4v) is 2.74. The van der Waals surface area contributed by atoms with Crippen molar-refractivity contribution >= 4 is 17.4 Å². The Kier molecular flexibility index (Phi) is 4.26. The Balaban J connectivity index is 2.05. The Morgan fingerprint density at radius 2 is 2.33 bits per heavy atom. The molecule has 2 atom stereocenters. The molecule has 1 fully saturated rings. The zero-order chi connectivity index (χ0) is 13.1. The van der Waals surface area contributed by atoms with E-state index in [0.29, 0.717) is 4.88 Å². The van der Waals surface area contributed by atoms with Crippen molar-refractivity contribution in [3.8, 4) is 0 Å².